The molecule has 1 rings (SSSR count). The number of halogens is 1. The molecule has 5 N–H and O–H groups in total. The van der Waals surface area contributed by atoms with Crippen LogP contribution in [-0.4, -0.2) is 59.7 Å². The minimum Gasteiger partial charge on any atom is -0.394 e. The van der Waals surface area contributed by atoms with Crippen LogP contribution in [-0.2, 0) is 9.47 Å². The summed E-state index contributed by atoms with van der Waals surface area (Å²) >= 11 is 0. The van der Waals surface area contributed by atoms with Crippen LogP contribution < -0.4 is 5.73 Å². The average molecular weight is 230 g/mol. The summed E-state index contributed by atoms with van der Waals surface area (Å²) in [5.74, 6) is 0. The zero-order valence-electron chi connectivity index (χ0n) is 7.74. The Balaban J connectivity index is 0.00000169. The molecule has 0 unspecified atom stereocenters. The highest BCUT2D eigenvalue weighted by Gasteiger charge is 2.42. The fourth-order valence-electron chi connectivity index (χ4n) is 1.32. The van der Waals surface area contributed by atoms with Gasteiger partial charge in [-0.05, 0) is 0 Å². The first-order chi connectivity index (χ1) is 6.11. The molecular formula is C7H16ClNO5. The Labute approximate surface area is 88.0 Å². The number of rotatable bonds is 2. The molecule has 0 aromatic carbocycles. The number of methoxy groups -OCH3 is 1. The lowest BCUT2D eigenvalue weighted by molar-refractivity contribution is -0.257. The van der Waals surface area contributed by atoms with Gasteiger partial charge in [0.1, 0.15) is 18.3 Å². The molecule has 5 atom stereocenters. The van der Waals surface area contributed by atoms with Crippen LogP contribution >= 0.6 is 12.4 Å². The van der Waals surface area contributed by atoms with Crippen molar-refractivity contribution in [1.29, 1.82) is 0 Å². The van der Waals surface area contributed by atoms with E-state index in [9.17, 15) is 10.2 Å². The standard InChI is InChI=1S/C7H15NO5.ClH/c1-12-7-4(8)6(11)5(10)3(2-9)13-7;/h3-7,9-11H,2,8H2,1H3;1H/t3-,4-,5-,6-,7-;/m1./s1. The van der Waals surface area contributed by atoms with E-state index in [1.807, 2.05) is 0 Å². The molecule has 0 aromatic rings. The third-order valence-corrected chi connectivity index (χ3v) is 2.16. The van der Waals surface area contributed by atoms with Crippen LogP contribution in [0, 0.1) is 0 Å². The number of nitrogens with two attached hydrogens (primary N) is 1. The normalized spacial score (nSPS) is 43.1. The largest absolute Gasteiger partial charge is 0.394 e. The van der Waals surface area contributed by atoms with Crippen molar-refractivity contribution in [2.75, 3.05) is 13.7 Å². The third kappa shape index (κ3) is 2.54. The van der Waals surface area contributed by atoms with E-state index in [2.05, 4.69) is 0 Å². The zero-order valence-corrected chi connectivity index (χ0v) is 8.55. The van der Waals surface area contributed by atoms with Gasteiger partial charge in [0.15, 0.2) is 6.29 Å². The second-order valence-electron chi connectivity index (χ2n) is 3.02. The Morgan fingerprint density at radius 1 is 1.36 bits per heavy atom. The van der Waals surface area contributed by atoms with Crippen molar-refractivity contribution in [3.8, 4) is 0 Å². The molecule has 1 fully saturated rings. The van der Waals surface area contributed by atoms with Crippen LogP contribution in [0.4, 0.5) is 0 Å². The zero-order chi connectivity index (χ0) is 10.0. The van der Waals surface area contributed by atoms with E-state index in [1.54, 1.807) is 0 Å². The Bertz CT molecular complexity index is 152. The maximum absolute atomic E-state index is 9.40. The molecule has 0 bridgehead atoms. The van der Waals surface area contributed by atoms with Crippen molar-refractivity contribution in [3.05, 3.63) is 0 Å². The molecule has 1 saturated heterocycles. The number of aliphatic hydroxyl groups excluding tert-OH is 3. The van der Waals surface area contributed by atoms with E-state index in [4.69, 9.17) is 20.3 Å². The Hall–Kier alpha value is 0.0500. The molecule has 0 spiro atoms. The van der Waals surface area contributed by atoms with Gasteiger partial charge in [-0.1, -0.05) is 0 Å². The van der Waals surface area contributed by atoms with Gasteiger partial charge in [0.05, 0.1) is 12.6 Å². The van der Waals surface area contributed by atoms with Crippen molar-refractivity contribution in [2.24, 2.45) is 5.73 Å². The highest BCUT2D eigenvalue weighted by Crippen LogP contribution is 2.19. The van der Waals surface area contributed by atoms with Gasteiger partial charge in [0.2, 0.25) is 0 Å². The van der Waals surface area contributed by atoms with Crippen LogP contribution in [0.3, 0.4) is 0 Å². The van der Waals surface area contributed by atoms with E-state index in [0.717, 1.165) is 0 Å². The number of hydrogen-bond donors (Lipinski definition) is 4. The van der Waals surface area contributed by atoms with Crippen LogP contribution in [0.25, 0.3) is 0 Å². The maximum Gasteiger partial charge on any atom is 0.175 e. The summed E-state index contributed by atoms with van der Waals surface area (Å²) in [6, 6.07) is -0.803. The first-order valence-electron chi connectivity index (χ1n) is 4.02. The van der Waals surface area contributed by atoms with Gasteiger partial charge in [0.25, 0.3) is 0 Å². The third-order valence-electron chi connectivity index (χ3n) is 2.16. The molecule has 1 aliphatic heterocycles. The van der Waals surface area contributed by atoms with Gasteiger partial charge in [-0.25, -0.2) is 0 Å². The average Bonchev–Trinajstić information content (AvgIpc) is 2.15. The molecule has 6 nitrogen and oxygen atoms in total. The van der Waals surface area contributed by atoms with Crippen LogP contribution in [0.1, 0.15) is 0 Å². The number of hydrogen-bond acceptors (Lipinski definition) is 6. The molecule has 0 saturated carbocycles. The summed E-state index contributed by atoms with van der Waals surface area (Å²) in [5.41, 5.74) is 5.50. The second kappa shape index (κ2) is 5.82. The first-order valence-corrected chi connectivity index (χ1v) is 4.02. The fraction of sp³-hybridized carbons (Fsp3) is 1.00. The van der Waals surface area contributed by atoms with Crippen molar-refractivity contribution in [1.82, 2.24) is 0 Å². The van der Waals surface area contributed by atoms with E-state index in [0.29, 0.717) is 0 Å². The van der Waals surface area contributed by atoms with Crippen LogP contribution in [0.15, 0.2) is 0 Å². The molecular weight excluding hydrogens is 214 g/mol. The van der Waals surface area contributed by atoms with Crippen molar-refractivity contribution >= 4 is 12.4 Å². The summed E-state index contributed by atoms with van der Waals surface area (Å²) in [6.07, 6.45) is -3.96. The quantitative estimate of drug-likeness (QED) is 0.429. The van der Waals surface area contributed by atoms with E-state index in [-0.39, 0.29) is 19.0 Å². The Morgan fingerprint density at radius 2 is 1.93 bits per heavy atom. The fourth-order valence-corrected chi connectivity index (χ4v) is 1.32. The van der Waals surface area contributed by atoms with Crippen LogP contribution in [0.2, 0.25) is 0 Å². The molecule has 7 heteroatoms. The molecule has 86 valence electrons. The second-order valence-corrected chi connectivity index (χ2v) is 3.02. The molecule has 0 amide bonds. The number of ether oxygens (including phenoxy) is 2. The topological polar surface area (TPSA) is 105 Å². The molecule has 1 heterocycles. The Morgan fingerprint density at radius 3 is 2.36 bits per heavy atom. The molecule has 0 radical (unpaired) electrons. The predicted molar refractivity (Wildman–Crippen MR) is 50.0 cm³/mol. The van der Waals surface area contributed by atoms with E-state index in [1.165, 1.54) is 7.11 Å². The first kappa shape index (κ1) is 14.1. The van der Waals surface area contributed by atoms with Crippen LogP contribution in [0.5, 0.6) is 0 Å². The van der Waals surface area contributed by atoms with Gasteiger partial charge >= 0.3 is 0 Å². The summed E-state index contributed by atoms with van der Waals surface area (Å²) in [6.45, 7) is -0.384. The minimum absolute atomic E-state index is 0. The van der Waals surface area contributed by atoms with Crippen molar-refractivity contribution in [2.45, 2.75) is 30.6 Å². The molecule has 0 aliphatic carbocycles. The molecule has 0 aromatic heterocycles. The highest BCUT2D eigenvalue weighted by atomic mass is 35.5. The Kier molecular flexibility index (Phi) is 5.84. The van der Waals surface area contributed by atoms with E-state index < -0.39 is 30.6 Å². The monoisotopic (exact) mass is 229 g/mol. The maximum atomic E-state index is 9.40. The number of aliphatic hydroxyl groups is 3. The lowest BCUT2D eigenvalue weighted by atomic mass is 9.98. The summed E-state index contributed by atoms with van der Waals surface area (Å²) in [4.78, 5) is 0. The van der Waals surface area contributed by atoms with Crippen molar-refractivity contribution < 1.29 is 24.8 Å². The molecule has 14 heavy (non-hydrogen) atoms. The van der Waals surface area contributed by atoms with E-state index >= 15 is 0 Å². The predicted octanol–water partition coefficient (Wildman–Crippen LogP) is -2.18. The minimum atomic E-state index is -1.17. The SMILES string of the molecule is CO[C@@H]1O[C@H](CO)[C@@H](O)[C@H](O)[C@H]1N.Cl. The summed E-state index contributed by atoms with van der Waals surface area (Å²) in [7, 11) is 1.38. The van der Waals surface area contributed by atoms with Gasteiger partial charge < -0.3 is 30.5 Å². The van der Waals surface area contributed by atoms with Gasteiger partial charge in [-0.2, -0.15) is 0 Å². The summed E-state index contributed by atoms with van der Waals surface area (Å²) in [5, 5.41) is 27.5. The lowest BCUT2D eigenvalue weighted by Crippen LogP contribution is -2.62. The van der Waals surface area contributed by atoms with Crippen molar-refractivity contribution in [3.63, 3.8) is 0 Å². The van der Waals surface area contributed by atoms with Gasteiger partial charge in [-0.15, -0.1) is 12.4 Å². The summed E-state index contributed by atoms with van der Waals surface area (Å²) < 4.78 is 9.90. The lowest BCUT2D eigenvalue weighted by Gasteiger charge is -2.39. The van der Waals surface area contributed by atoms with Gasteiger partial charge in [-0.3, -0.25) is 0 Å². The smallest absolute Gasteiger partial charge is 0.175 e. The highest BCUT2D eigenvalue weighted by molar-refractivity contribution is 5.85. The molecule has 1 aliphatic rings. The van der Waals surface area contributed by atoms with Gasteiger partial charge in [0, 0.05) is 7.11 Å².